The average molecular weight is 260 g/mol. The zero-order valence-corrected chi connectivity index (χ0v) is 12.4. The number of rotatable bonds is 3. The topological polar surface area (TPSA) is 26.3 Å². The van der Waals surface area contributed by atoms with Gasteiger partial charge in [-0.25, -0.2) is 0 Å². The summed E-state index contributed by atoms with van der Waals surface area (Å²) in [6.45, 7) is 8.50. The average Bonchev–Trinajstić information content (AvgIpc) is 2.26. The summed E-state index contributed by atoms with van der Waals surface area (Å²) in [4.78, 5) is 11.4. The molecular weight excluding hydrogens is 236 g/mol. The van der Waals surface area contributed by atoms with Gasteiger partial charge < -0.3 is 4.74 Å². The highest BCUT2D eigenvalue weighted by Gasteiger charge is 2.33. The maximum absolute atomic E-state index is 11.4. The Hall–Kier alpha value is -1.31. The van der Waals surface area contributed by atoms with Crippen LogP contribution in [0.3, 0.4) is 0 Å². The first kappa shape index (κ1) is 14.1. The Balaban J connectivity index is 2.08. The standard InChI is InChI=1S/C17H24O2/c1-12-8-16(11-17(3,4)10-12)19-15-7-5-6-14(9-15)13(2)18/h5-7,9,12,16H,8,10-11H2,1-4H3. The molecule has 1 aromatic rings. The summed E-state index contributed by atoms with van der Waals surface area (Å²) in [5.41, 5.74) is 1.07. The second kappa shape index (κ2) is 5.36. The molecule has 2 heteroatoms. The summed E-state index contributed by atoms with van der Waals surface area (Å²) in [6, 6.07) is 7.53. The number of carbonyl (C=O) groups is 1. The van der Waals surface area contributed by atoms with Crippen LogP contribution in [-0.4, -0.2) is 11.9 Å². The van der Waals surface area contributed by atoms with Crippen LogP contribution >= 0.6 is 0 Å². The van der Waals surface area contributed by atoms with E-state index in [4.69, 9.17) is 4.74 Å². The molecule has 1 saturated carbocycles. The predicted molar refractivity (Wildman–Crippen MR) is 77.7 cm³/mol. The lowest BCUT2D eigenvalue weighted by molar-refractivity contribution is 0.0561. The number of ether oxygens (including phenoxy) is 1. The molecule has 2 atom stereocenters. The van der Waals surface area contributed by atoms with Crippen LogP contribution in [0.5, 0.6) is 5.75 Å². The quantitative estimate of drug-likeness (QED) is 0.749. The van der Waals surface area contributed by atoms with E-state index >= 15 is 0 Å². The smallest absolute Gasteiger partial charge is 0.159 e. The molecule has 2 nitrogen and oxygen atoms in total. The zero-order chi connectivity index (χ0) is 14.0. The molecule has 2 unspecified atom stereocenters. The van der Waals surface area contributed by atoms with Gasteiger partial charge in [0.15, 0.2) is 5.78 Å². The van der Waals surface area contributed by atoms with E-state index in [2.05, 4.69) is 20.8 Å². The molecule has 0 spiro atoms. The van der Waals surface area contributed by atoms with Crippen LogP contribution in [0, 0.1) is 11.3 Å². The molecule has 0 N–H and O–H groups in total. The minimum Gasteiger partial charge on any atom is -0.490 e. The summed E-state index contributed by atoms with van der Waals surface area (Å²) < 4.78 is 6.10. The minimum absolute atomic E-state index is 0.0859. The van der Waals surface area contributed by atoms with Crippen LogP contribution in [0.4, 0.5) is 0 Å². The van der Waals surface area contributed by atoms with Crippen LogP contribution in [0.1, 0.15) is 57.3 Å². The van der Waals surface area contributed by atoms with E-state index in [1.54, 1.807) is 6.92 Å². The third kappa shape index (κ3) is 3.82. The first-order valence-corrected chi connectivity index (χ1v) is 7.13. The molecular formula is C17H24O2. The third-order valence-electron chi connectivity index (χ3n) is 3.89. The third-order valence-corrected chi connectivity index (χ3v) is 3.89. The lowest BCUT2D eigenvalue weighted by Crippen LogP contribution is -2.34. The molecule has 104 valence electrons. The van der Waals surface area contributed by atoms with Gasteiger partial charge in [-0.3, -0.25) is 4.79 Å². The largest absolute Gasteiger partial charge is 0.490 e. The normalized spacial score (nSPS) is 25.9. The number of Topliss-reactive ketones (excluding diaryl/α,β-unsaturated/α-hetero) is 1. The molecule has 0 radical (unpaired) electrons. The highest BCUT2D eigenvalue weighted by Crippen LogP contribution is 2.40. The lowest BCUT2D eigenvalue weighted by Gasteiger charge is -2.38. The Morgan fingerprint density at radius 2 is 2.05 bits per heavy atom. The zero-order valence-electron chi connectivity index (χ0n) is 12.4. The van der Waals surface area contributed by atoms with E-state index in [0.29, 0.717) is 11.3 Å². The molecule has 0 amide bonds. The van der Waals surface area contributed by atoms with Gasteiger partial charge in [0.1, 0.15) is 5.75 Å². The SMILES string of the molecule is CC(=O)c1cccc(OC2CC(C)CC(C)(C)C2)c1. The minimum atomic E-state index is 0.0859. The van der Waals surface area contributed by atoms with E-state index in [1.165, 1.54) is 6.42 Å². The van der Waals surface area contributed by atoms with Crippen molar-refractivity contribution in [1.82, 2.24) is 0 Å². The van der Waals surface area contributed by atoms with Crippen molar-refractivity contribution in [1.29, 1.82) is 0 Å². The fourth-order valence-corrected chi connectivity index (χ4v) is 3.33. The van der Waals surface area contributed by atoms with Crippen molar-refractivity contribution < 1.29 is 9.53 Å². The molecule has 0 saturated heterocycles. The van der Waals surface area contributed by atoms with Crippen molar-refractivity contribution in [3.63, 3.8) is 0 Å². The molecule has 0 bridgehead atoms. The van der Waals surface area contributed by atoms with Crippen molar-refractivity contribution in [2.75, 3.05) is 0 Å². The van der Waals surface area contributed by atoms with Gasteiger partial charge in [-0.15, -0.1) is 0 Å². The molecule has 0 heterocycles. The first-order chi connectivity index (χ1) is 8.85. The molecule has 19 heavy (non-hydrogen) atoms. The number of hydrogen-bond acceptors (Lipinski definition) is 2. The van der Waals surface area contributed by atoms with Crippen molar-refractivity contribution in [3.8, 4) is 5.75 Å². The van der Waals surface area contributed by atoms with E-state index in [-0.39, 0.29) is 11.9 Å². The Labute approximate surface area is 116 Å². The van der Waals surface area contributed by atoms with Crippen LogP contribution in [0.25, 0.3) is 0 Å². The monoisotopic (exact) mass is 260 g/mol. The molecule has 1 fully saturated rings. The Bertz CT molecular complexity index is 462. The highest BCUT2D eigenvalue weighted by atomic mass is 16.5. The van der Waals surface area contributed by atoms with E-state index < -0.39 is 0 Å². The van der Waals surface area contributed by atoms with Gasteiger partial charge in [0.25, 0.3) is 0 Å². The van der Waals surface area contributed by atoms with Gasteiger partial charge in [0.05, 0.1) is 6.10 Å². The van der Waals surface area contributed by atoms with Crippen molar-refractivity contribution >= 4 is 5.78 Å². The molecule has 0 aliphatic heterocycles. The van der Waals surface area contributed by atoms with Gasteiger partial charge in [0.2, 0.25) is 0 Å². The fourth-order valence-electron chi connectivity index (χ4n) is 3.33. The van der Waals surface area contributed by atoms with E-state index in [9.17, 15) is 4.79 Å². The number of benzene rings is 1. The van der Waals surface area contributed by atoms with Gasteiger partial charge in [-0.05, 0) is 49.7 Å². The lowest BCUT2D eigenvalue weighted by atomic mass is 9.71. The van der Waals surface area contributed by atoms with E-state index in [0.717, 1.165) is 24.2 Å². The van der Waals surface area contributed by atoms with E-state index in [1.807, 2.05) is 24.3 Å². The maximum atomic E-state index is 11.4. The van der Waals surface area contributed by atoms with Gasteiger partial charge in [-0.1, -0.05) is 32.9 Å². The summed E-state index contributed by atoms with van der Waals surface area (Å²) in [5.74, 6) is 1.61. The van der Waals surface area contributed by atoms with Crippen molar-refractivity contribution in [2.24, 2.45) is 11.3 Å². The summed E-state index contributed by atoms with van der Waals surface area (Å²) in [6.07, 6.45) is 3.72. The second-order valence-electron chi connectivity index (χ2n) is 6.74. The van der Waals surface area contributed by atoms with Gasteiger partial charge in [0, 0.05) is 5.56 Å². The second-order valence-corrected chi connectivity index (χ2v) is 6.74. The molecule has 1 aromatic carbocycles. The Morgan fingerprint density at radius 3 is 2.68 bits per heavy atom. The first-order valence-electron chi connectivity index (χ1n) is 7.13. The van der Waals surface area contributed by atoms with Crippen LogP contribution < -0.4 is 4.74 Å². The van der Waals surface area contributed by atoms with Crippen LogP contribution in [0.15, 0.2) is 24.3 Å². The van der Waals surface area contributed by atoms with Gasteiger partial charge in [-0.2, -0.15) is 0 Å². The molecule has 2 rings (SSSR count). The predicted octanol–water partition coefficient (Wildman–Crippen LogP) is 4.48. The molecule has 0 aromatic heterocycles. The number of ketones is 1. The Kier molecular flexibility index (Phi) is 3.98. The van der Waals surface area contributed by atoms with Crippen molar-refractivity contribution in [2.45, 2.75) is 53.1 Å². The maximum Gasteiger partial charge on any atom is 0.159 e. The highest BCUT2D eigenvalue weighted by molar-refractivity contribution is 5.94. The van der Waals surface area contributed by atoms with Crippen molar-refractivity contribution in [3.05, 3.63) is 29.8 Å². The number of hydrogen-bond donors (Lipinski definition) is 0. The van der Waals surface area contributed by atoms with Crippen LogP contribution in [-0.2, 0) is 0 Å². The summed E-state index contributed by atoms with van der Waals surface area (Å²) in [7, 11) is 0. The molecule has 1 aliphatic rings. The van der Waals surface area contributed by atoms with Gasteiger partial charge >= 0.3 is 0 Å². The fraction of sp³-hybridized carbons (Fsp3) is 0.588. The molecule has 1 aliphatic carbocycles. The van der Waals surface area contributed by atoms with Crippen LogP contribution in [0.2, 0.25) is 0 Å². The number of carbonyl (C=O) groups excluding carboxylic acids is 1. The summed E-state index contributed by atoms with van der Waals surface area (Å²) in [5, 5.41) is 0. The Morgan fingerprint density at radius 1 is 1.32 bits per heavy atom. The summed E-state index contributed by atoms with van der Waals surface area (Å²) >= 11 is 0.